The van der Waals surface area contributed by atoms with Crippen molar-refractivity contribution in [3.63, 3.8) is 0 Å². The van der Waals surface area contributed by atoms with Crippen LogP contribution in [-0.4, -0.2) is 23.2 Å². The summed E-state index contributed by atoms with van der Waals surface area (Å²) in [7, 11) is 1.40. The molecule has 5 nitrogen and oxygen atoms in total. The standard InChI is InChI=1S/C15H12FN3O2/c1-21-13-7-8(2-4-11(13)16)14-10-6-9(15(17)20)3-5-12(10)18-19-14/h2-7H,1H3,(H2,17,20)(H,18,19). The van der Waals surface area contributed by atoms with Crippen LogP contribution >= 0.6 is 0 Å². The zero-order chi connectivity index (χ0) is 15.0. The normalized spacial score (nSPS) is 10.8. The maximum Gasteiger partial charge on any atom is 0.248 e. The van der Waals surface area contributed by atoms with Crippen LogP contribution in [0.4, 0.5) is 4.39 Å². The Kier molecular flexibility index (Phi) is 3.06. The Bertz CT molecular complexity index is 842. The van der Waals surface area contributed by atoms with Gasteiger partial charge in [0.15, 0.2) is 11.6 Å². The Morgan fingerprint density at radius 1 is 1.29 bits per heavy atom. The van der Waals surface area contributed by atoms with E-state index in [0.29, 0.717) is 16.8 Å². The van der Waals surface area contributed by atoms with Crippen LogP contribution in [0, 0.1) is 5.82 Å². The highest BCUT2D eigenvalue weighted by Crippen LogP contribution is 2.30. The van der Waals surface area contributed by atoms with Crippen LogP contribution in [0.15, 0.2) is 36.4 Å². The van der Waals surface area contributed by atoms with Gasteiger partial charge in [-0.25, -0.2) is 4.39 Å². The highest BCUT2D eigenvalue weighted by molar-refractivity contribution is 6.00. The molecule has 0 saturated heterocycles. The minimum atomic E-state index is -0.513. The number of H-pyrrole nitrogens is 1. The van der Waals surface area contributed by atoms with Gasteiger partial charge in [0.05, 0.1) is 12.6 Å². The van der Waals surface area contributed by atoms with Crippen molar-refractivity contribution in [2.24, 2.45) is 5.73 Å². The first-order chi connectivity index (χ1) is 10.1. The Morgan fingerprint density at radius 2 is 2.10 bits per heavy atom. The number of hydrogen-bond donors (Lipinski definition) is 2. The second-order valence-corrected chi connectivity index (χ2v) is 4.55. The van der Waals surface area contributed by atoms with Crippen molar-refractivity contribution in [1.29, 1.82) is 0 Å². The van der Waals surface area contributed by atoms with Crippen LogP contribution in [-0.2, 0) is 0 Å². The Morgan fingerprint density at radius 3 is 2.81 bits per heavy atom. The summed E-state index contributed by atoms with van der Waals surface area (Å²) in [5.74, 6) is -0.825. The number of hydrogen-bond acceptors (Lipinski definition) is 3. The predicted octanol–water partition coefficient (Wildman–Crippen LogP) is 2.48. The summed E-state index contributed by atoms with van der Waals surface area (Å²) in [6.45, 7) is 0. The molecule has 0 saturated carbocycles. The van der Waals surface area contributed by atoms with E-state index in [9.17, 15) is 9.18 Å². The van der Waals surface area contributed by atoms with E-state index in [2.05, 4.69) is 10.2 Å². The van der Waals surface area contributed by atoms with Crippen molar-refractivity contribution in [3.8, 4) is 17.0 Å². The number of aromatic amines is 1. The fraction of sp³-hybridized carbons (Fsp3) is 0.0667. The predicted molar refractivity (Wildman–Crippen MR) is 76.6 cm³/mol. The molecule has 0 atom stereocenters. The number of benzene rings is 2. The highest BCUT2D eigenvalue weighted by Gasteiger charge is 2.13. The second kappa shape index (κ2) is 4.90. The zero-order valence-corrected chi connectivity index (χ0v) is 11.2. The van der Waals surface area contributed by atoms with Gasteiger partial charge in [-0.05, 0) is 36.4 Å². The number of aromatic nitrogens is 2. The van der Waals surface area contributed by atoms with Gasteiger partial charge in [-0.2, -0.15) is 5.10 Å². The summed E-state index contributed by atoms with van der Waals surface area (Å²) < 4.78 is 18.5. The summed E-state index contributed by atoms with van der Waals surface area (Å²) in [5.41, 5.74) is 7.72. The lowest BCUT2D eigenvalue weighted by molar-refractivity contribution is 0.100. The second-order valence-electron chi connectivity index (χ2n) is 4.55. The molecule has 0 aliphatic rings. The number of ether oxygens (including phenoxy) is 1. The smallest absolute Gasteiger partial charge is 0.248 e. The fourth-order valence-electron chi connectivity index (χ4n) is 2.19. The molecule has 0 spiro atoms. The first-order valence-electron chi connectivity index (χ1n) is 6.22. The van der Waals surface area contributed by atoms with Gasteiger partial charge < -0.3 is 10.5 Å². The summed E-state index contributed by atoms with van der Waals surface area (Å²) in [5, 5.41) is 7.82. The molecule has 21 heavy (non-hydrogen) atoms. The number of nitrogens with zero attached hydrogens (tertiary/aromatic N) is 1. The van der Waals surface area contributed by atoms with E-state index in [1.165, 1.54) is 13.2 Å². The number of rotatable bonds is 3. The molecule has 0 bridgehead atoms. The van der Waals surface area contributed by atoms with Gasteiger partial charge in [0.25, 0.3) is 0 Å². The molecule has 0 radical (unpaired) electrons. The average Bonchev–Trinajstić information content (AvgIpc) is 2.90. The van der Waals surface area contributed by atoms with E-state index in [-0.39, 0.29) is 5.75 Å². The van der Waals surface area contributed by atoms with Gasteiger partial charge >= 0.3 is 0 Å². The van der Waals surface area contributed by atoms with Crippen LogP contribution in [0.3, 0.4) is 0 Å². The third kappa shape index (κ3) is 2.20. The van der Waals surface area contributed by atoms with E-state index >= 15 is 0 Å². The number of halogens is 1. The van der Waals surface area contributed by atoms with Crippen molar-refractivity contribution in [3.05, 3.63) is 47.8 Å². The van der Waals surface area contributed by atoms with Gasteiger partial charge in [0, 0.05) is 16.5 Å². The summed E-state index contributed by atoms with van der Waals surface area (Å²) in [6.07, 6.45) is 0. The summed E-state index contributed by atoms with van der Waals surface area (Å²) >= 11 is 0. The van der Waals surface area contributed by atoms with Crippen molar-refractivity contribution in [1.82, 2.24) is 10.2 Å². The number of methoxy groups -OCH3 is 1. The third-order valence-corrected chi connectivity index (χ3v) is 3.27. The van der Waals surface area contributed by atoms with Gasteiger partial charge in [-0.3, -0.25) is 9.89 Å². The molecular formula is C15H12FN3O2. The van der Waals surface area contributed by atoms with Gasteiger partial charge in [-0.1, -0.05) is 0 Å². The fourth-order valence-corrected chi connectivity index (χ4v) is 2.19. The van der Waals surface area contributed by atoms with Crippen molar-refractivity contribution in [2.75, 3.05) is 7.11 Å². The van der Waals surface area contributed by atoms with E-state index < -0.39 is 11.7 Å². The van der Waals surface area contributed by atoms with E-state index in [0.717, 1.165) is 10.9 Å². The van der Waals surface area contributed by atoms with Crippen LogP contribution in [0.5, 0.6) is 5.75 Å². The Hall–Kier alpha value is -2.89. The summed E-state index contributed by atoms with van der Waals surface area (Å²) in [6, 6.07) is 9.48. The maximum absolute atomic E-state index is 13.5. The molecule has 6 heteroatoms. The van der Waals surface area contributed by atoms with Crippen LogP contribution in [0.2, 0.25) is 0 Å². The minimum Gasteiger partial charge on any atom is -0.494 e. The van der Waals surface area contributed by atoms with Gasteiger partial charge in [-0.15, -0.1) is 0 Å². The number of amides is 1. The molecule has 1 amide bonds. The minimum absolute atomic E-state index is 0.134. The molecule has 3 N–H and O–H groups in total. The monoisotopic (exact) mass is 285 g/mol. The first-order valence-corrected chi connectivity index (χ1v) is 6.22. The van der Waals surface area contributed by atoms with Crippen molar-refractivity contribution in [2.45, 2.75) is 0 Å². The highest BCUT2D eigenvalue weighted by atomic mass is 19.1. The Balaban J connectivity index is 2.20. The number of primary amides is 1. The topological polar surface area (TPSA) is 81.0 Å². The molecular weight excluding hydrogens is 273 g/mol. The van der Waals surface area contributed by atoms with Crippen molar-refractivity contribution < 1.29 is 13.9 Å². The number of fused-ring (bicyclic) bond motifs is 1. The molecule has 3 aromatic rings. The Labute approximate surface area is 119 Å². The molecule has 3 rings (SSSR count). The average molecular weight is 285 g/mol. The molecule has 1 aromatic heterocycles. The molecule has 0 aliphatic heterocycles. The number of carbonyl (C=O) groups is 1. The van der Waals surface area contributed by atoms with E-state index in [4.69, 9.17) is 10.5 Å². The lowest BCUT2D eigenvalue weighted by Crippen LogP contribution is -2.10. The zero-order valence-electron chi connectivity index (χ0n) is 11.2. The molecule has 106 valence electrons. The maximum atomic E-state index is 13.5. The van der Waals surface area contributed by atoms with Gasteiger partial charge in [0.1, 0.15) is 5.69 Å². The van der Waals surface area contributed by atoms with Gasteiger partial charge in [0.2, 0.25) is 5.91 Å². The molecule has 1 heterocycles. The molecule has 0 unspecified atom stereocenters. The number of nitrogens with two attached hydrogens (primary N) is 1. The summed E-state index contributed by atoms with van der Waals surface area (Å²) in [4.78, 5) is 11.3. The van der Waals surface area contributed by atoms with E-state index in [1.807, 2.05) is 0 Å². The van der Waals surface area contributed by atoms with Crippen molar-refractivity contribution >= 4 is 16.8 Å². The van der Waals surface area contributed by atoms with Crippen LogP contribution < -0.4 is 10.5 Å². The quantitative estimate of drug-likeness (QED) is 0.775. The van der Waals surface area contributed by atoms with E-state index in [1.54, 1.807) is 30.3 Å². The SMILES string of the molecule is COc1cc(-c2n[nH]c3ccc(C(N)=O)cc23)ccc1F. The lowest BCUT2D eigenvalue weighted by atomic mass is 10.0. The first kappa shape index (κ1) is 13.1. The molecule has 0 fully saturated rings. The van der Waals surface area contributed by atoms with Crippen LogP contribution in [0.1, 0.15) is 10.4 Å². The lowest BCUT2D eigenvalue weighted by Gasteiger charge is -2.04. The largest absolute Gasteiger partial charge is 0.494 e. The number of nitrogens with one attached hydrogen (secondary N) is 1. The molecule has 2 aromatic carbocycles. The van der Waals surface area contributed by atoms with Crippen LogP contribution in [0.25, 0.3) is 22.2 Å². The molecule has 0 aliphatic carbocycles. The number of carbonyl (C=O) groups excluding carboxylic acids is 1. The third-order valence-electron chi connectivity index (χ3n) is 3.27.